The Hall–Kier alpha value is -8.00. The van der Waals surface area contributed by atoms with Gasteiger partial charge in [-0.1, -0.05) is 256 Å². The second kappa shape index (κ2) is 18.1. The van der Waals surface area contributed by atoms with Gasteiger partial charge in [0, 0.05) is 0 Å². The summed E-state index contributed by atoms with van der Waals surface area (Å²) < 4.78 is 0. The molecule has 340 valence electrons. The van der Waals surface area contributed by atoms with Gasteiger partial charge in [0.1, 0.15) is 0 Å². The lowest BCUT2D eigenvalue weighted by Crippen LogP contribution is -2.57. The molecule has 0 radical (unpaired) electrons. The van der Waals surface area contributed by atoms with Gasteiger partial charge >= 0.3 is 0 Å². The summed E-state index contributed by atoms with van der Waals surface area (Å²) in [6, 6.07) is 79.9. The van der Waals surface area contributed by atoms with E-state index >= 15 is 0 Å². The van der Waals surface area contributed by atoms with Crippen molar-refractivity contribution in [3.63, 3.8) is 0 Å². The molecule has 0 saturated carbocycles. The number of hydrogen-bond acceptors (Lipinski definition) is 0. The summed E-state index contributed by atoms with van der Waals surface area (Å²) >= 11 is 0. The Morgan fingerprint density at radius 2 is 0.592 bits per heavy atom. The number of rotatable bonds is 9. The minimum Gasteiger partial charge on any atom is -0.0642 e. The van der Waals surface area contributed by atoms with E-state index in [-0.39, 0.29) is 6.71 Å². The highest BCUT2D eigenvalue weighted by molar-refractivity contribution is 6.97. The standard InChI is InChI=1S/C70H57B/c1-44-38-46(3)69(47(4)39-44)71(70-48(5)40-45(2)41-49(70)6)66-43-65(58-32-26-55(27-33-58)52-20-14-9-15-21-52)61-35-34-59-63(56-28-22-53(23-29-56)50-16-10-7-11-17-50)42-64(60-36-37-62(66)68(61)67(59)60)57-30-24-54(25-31-57)51-18-12-8-13-19-51/h7-35,38-43H,36-37H2,1-6H3. The Morgan fingerprint density at radius 1 is 0.282 bits per heavy atom. The predicted molar refractivity (Wildman–Crippen MR) is 307 cm³/mol. The summed E-state index contributed by atoms with van der Waals surface area (Å²) in [5, 5.41) is 5.44. The van der Waals surface area contributed by atoms with E-state index in [1.165, 1.54) is 149 Å². The smallest absolute Gasteiger partial charge is 0.0642 e. The van der Waals surface area contributed by atoms with Crippen LogP contribution in [0.2, 0.25) is 0 Å². The van der Waals surface area contributed by atoms with Crippen LogP contribution in [0.25, 0.3) is 88.3 Å². The van der Waals surface area contributed by atoms with Crippen molar-refractivity contribution in [3.8, 4) is 66.8 Å². The van der Waals surface area contributed by atoms with E-state index in [1.807, 2.05) is 0 Å². The fraction of sp³-hybridized carbons (Fsp3) is 0.114. The first-order valence-electron chi connectivity index (χ1n) is 25.4. The zero-order valence-electron chi connectivity index (χ0n) is 41.7. The molecule has 0 nitrogen and oxygen atoms in total. The topological polar surface area (TPSA) is 0 Å². The van der Waals surface area contributed by atoms with Gasteiger partial charge in [-0.2, -0.15) is 0 Å². The second-order valence-corrected chi connectivity index (χ2v) is 20.2. The molecule has 0 aliphatic heterocycles. The van der Waals surface area contributed by atoms with Crippen LogP contribution in [0.5, 0.6) is 0 Å². The molecular weight excluding hydrogens is 852 g/mol. The molecule has 71 heavy (non-hydrogen) atoms. The molecule has 0 atom stereocenters. The molecule has 0 aromatic heterocycles. The summed E-state index contributed by atoms with van der Waals surface area (Å²) in [7, 11) is 0. The van der Waals surface area contributed by atoms with Crippen LogP contribution in [-0.2, 0) is 12.8 Å². The van der Waals surface area contributed by atoms with E-state index in [2.05, 4.69) is 254 Å². The summed E-state index contributed by atoms with van der Waals surface area (Å²) in [5.74, 6) is 0. The van der Waals surface area contributed by atoms with Crippen molar-refractivity contribution in [2.24, 2.45) is 0 Å². The van der Waals surface area contributed by atoms with Gasteiger partial charge in [0.05, 0.1) is 0 Å². The monoisotopic (exact) mass is 908 g/mol. The lowest BCUT2D eigenvalue weighted by molar-refractivity contribution is 0.976. The highest BCUT2D eigenvalue weighted by Crippen LogP contribution is 2.47. The van der Waals surface area contributed by atoms with Crippen molar-refractivity contribution in [1.82, 2.24) is 0 Å². The molecule has 0 saturated heterocycles. The average Bonchev–Trinajstić information content (AvgIpc) is 3.40. The molecule has 0 bridgehead atoms. The highest BCUT2D eigenvalue weighted by atomic mass is 14.3. The number of hydrogen-bond donors (Lipinski definition) is 0. The Kier molecular flexibility index (Phi) is 11.3. The lowest BCUT2D eigenvalue weighted by Gasteiger charge is -2.31. The summed E-state index contributed by atoms with van der Waals surface area (Å²) in [5.41, 5.74) is 30.2. The third-order valence-electron chi connectivity index (χ3n) is 15.5. The van der Waals surface area contributed by atoms with Crippen LogP contribution in [0.15, 0.2) is 212 Å². The molecule has 0 N–H and O–H groups in total. The van der Waals surface area contributed by atoms with E-state index in [1.54, 1.807) is 0 Å². The maximum atomic E-state index is 2.61. The third-order valence-corrected chi connectivity index (χ3v) is 15.5. The van der Waals surface area contributed by atoms with Crippen LogP contribution in [0.3, 0.4) is 0 Å². The first kappa shape index (κ1) is 44.2. The van der Waals surface area contributed by atoms with Crippen LogP contribution in [-0.4, -0.2) is 6.71 Å². The molecule has 12 rings (SSSR count). The van der Waals surface area contributed by atoms with Gasteiger partial charge < -0.3 is 0 Å². The fourth-order valence-corrected chi connectivity index (χ4v) is 12.5. The number of aryl methyl sites for hydroxylation is 8. The van der Waals surface area contributed by atoms with Crippen molar-refractivity contribution < 1.29 is 0 Å². The molecule has 0 spiro atoms. The summed E-state index contributed by atoms with van der Waals surface area (Å²) in [4.78, 5) is 0. The minimum atomic E-state index is 0.0356. The highest BCUT2D eigenvalue weighted by Gasteiger charge is 2.34. The van der Waals surface area contributed by atoms with Crippen LogP contribution in [0, 0.1) is 41.5 Å². The zero-order valence-corrected chi connectivity index (χ0v) is 41.7. The quantitative estimate of drug-likeness (QED) is 0.1000. The Balaban J connectivity index is 1.19. The molecule has 1 heteroatoms. The van der Waals surface area contributed by atoms with Gasteiger partial charge in [0.2, 0.25) is 6.71 Å². The molecule has 1 aliphatic carbocycles. The lowest BCUT2D eigenvalue weighted by atomic mass is 9.33. The van der Waals surface area contributed by atoms with E-state index in [9.17, 15) is 0 Å². The average molecular weight is 909 g/mol. The van der Waals surface area contributed by atoms with Crippen molar-refractivity contribution in [3.05, 3.63) is 257 Å². The largest absolute Gasteiger partial charge is 0.242 e. The third kappa shape index (κ3) is 7.91. The predicted octanol–water partition coefficient (Wildman–Crippen LogP) is 16.5. The van der Waals surface area contributed by atoms with E-state index in [0.29, 0.717) is 0 Å². The van der Waals surface area contributed by atoms with Gasteiger partial charge in [-0.15, -0.1) is 0 Å². The first-order valence-corrected chi connectivity index (χ1v) is 25.4. The van der Waals surface area contributed by atoms with Crippen LogP contribution in [0.1, 0.15) is 44.5 Å². The first-order chi connectivity index (χ1) is 34.7. The number of benzene rings is 11. The van der Waals surface area contributed by atoms with Crippen molar-refractivity contribution in [2.75, 3.05) is 0 Å². The van der Waals surface area contributed by atoms with E-state index < -0.39 is 0 Å². The van der Waals surface area contributed by atoms with Crippen LogP contribution >= 0.6 is 0 Å². The van der Waals surface area contributed by atoms with Gasteiger partial charge in [-0.05, 0) is 160 Å². The molecule has 11 aromatic rings. The van der Waals surface area contributed by atoms with Crippen molar-refractivity contribution in [1.29, 1.82) is 0 Å². The maximum absolute atomic E-state index is 2.61. The van der Waals surface area contributed by atoms with Gasteiger partial charge in [0.25, 0.3) is 0 Å². The van der Waals surface area contributed by atoms with E-state index in [4.69, 9.17) is 0 Å². The second-order valence-electron chi connectivity index (χ2n) is 20.2. The normalized spacial score (nSPS) is 12.0. The maximum Gasteiger partial charge on any atom is 0.242 e. The minimum absolute atomic E-state index is 0.0356. The summed E-state index contributed by atoms with van der Waals surface area (Å²) in [6.07, 6.45) is 1.91. The zero-order chi connectivity index (χ0) is 48.3. The Morgan fingerprint density at radius 3 is 0.986 bits per heavy atom. The SMILES string of the molecule is Cc1cc(C)c(B(c2cc(-c3ccc(-c4ccccc4)cc3)c3ccc4c(-c5ccc(-c6ccccc6)cc5)cc(-c5ccc(-c6ccccc6)cc5)c5c4c3c2CC5)c2c(C)cc(C)cc2C)c(C)c1. The van der Waals surface area contributed by atoms with Crippen LogP contribution < -0.4 is 16.4 Å². The van der Waals surface area contributed by atoms with Crippen molar-refractivity contribution >= 4 is 44.6 Å². The molecule has 0 fully saturated rings. The Labute approximate surface area is 420 Å². The molecule has 11 aromatic carbocycles. The molecule has 0 heterocycles. The van der Waals surface area contributed by atoms with Gasteiger partial charge in [-0.25, -0.2) is 0 Å². The fourth-order valence-electron chi connectivity index (χ4n) is 12.5. The molecule has 1 aliphatic rings. The van der Waals surface area contributed by atoms with Crippen molar-refractivity contribution in [2.45, 2.75) is 54.4 Å². The molecule has 0 unspecified atom stereocenters. The van der Waals surface area contributed by atoms with Gasteiger partial charge in [0.15, 0.2) is 0 Å². The van der Waals surface area contributed by atoms with Gasteiger partial charge in [-0.3, -0.25) is 0 Å². The summed E-state index contributed by atoms with van der Waals surface area (Å²) in [6.45, 7) is 13.9. The Bertz CT molecular complexity index is 3700. The van der Waals surface area contributed by atoms with Crippen LogP contribution in [0.4, 0.5) is 0 Å². The van der Waals surface area contributed by atoms with E-state index in [0.717, 1.165) is 12.8 Å². The molecule has 0 amide bonds. The molecular formula is C70H57B.